The maximum Gasteiger partial charge on any atom is 0.115 e. The number of rotatable bonds is 8. The molecule has 2 heteroatoms. The van der Waals surface area contributed by atoms with Gasteiger partial charge in [-0.05, 0) is 43.6 Å². The molecule has 0 heterocycles. The molecule has 0 spiro atoms. The van der Waals surface area contributed by atoms with E-state index in [1.807, 2.05) is 60.7 Å². The smallest absolute Gasteiger partial charge is 0.115 e. The summed E-state index contributed by atoms with van der Waals surface area (Å²) < 4.78 is 0. The van der Waals surface area contributed by atoms with Gasteiger partial charge in [-0.1, -0.05) is 74.5 Å². The van der Waals surface area contributed by atoms with E-state index in [0.29, 0.717) is 0 Å². The number of benzene rings is 2. The van der Waals surface area contributed by atoms with Crippen LogP contribution in [-0.2, 0) is 5.60 Å². The molecule has 2 aromatic rings. The van der Waals surface area contributed by atoms with E-state index in [-0.39, 0.29) is 0 Å². The fourth-order valence-electron chi connectivity index (χ4n) is 2.98. The zero-order chi connectivity index (χ0) is 15.8. The van der Waals surface area contributed by atoms with Crippen LogP contribution in [0.3, 0.4) is 0 Å². The summed E-state index contributed by atoms with van der Waals surface area (Å²) in [6.07, 6.45) is 1.71. The maximum absolute atomic E-state index is 11.4. The van der Waals surface area contributed by atoms with Crippen LogP contribution in [-0.4, -0.2) is 29.6 Å². The Labute approximate surface area is 134 Å². The monoisotopic (exact) mass is 297 g/mol. The van der Waals surface area contributed by atoms with E-state index in [2.05, 4.69) is 18.7 Å². The van der Waals surface area contributed by atoms with E-state index in [9.17, 15) is 5.11 Å². The minimum atomic E-state index is -0.907. The van der Waals surface area contributed by atoms with Crippen LogP contribution in [0.2, 0.25) is 0 Å². The van der Waals surface area contributed by atoms with E-state index >= 15 is 0 Å². The van der Waals surface area contributed by atoms with Crippen LogP contribution in [0.15, 0.2) is 60.7 Å². The van der Waals surface area contributed by atoms with Gasteiger partial charge in [0.05, 0.1) is 0 Å². The van der Waals surface area contributed by atoms with Crippen molar-refractivity contribution < 1.29 is 5.11 Å². The molecule has 0 saturated carbocycles. The Morgan fingerprint density at radius 2 is 1.27 bits per heavy atom. The summed E-state index contributed by atoms with van der Waals surface area (Å²) in [4.78, 5) is 2.40. The van der Waals surface area contributed by atoms with Crippen molar-refractivity contribution in [2.45, 2.75) is 32.3 Å². The standard InChI is InChI=1S/C20H27NO/c1-3-21(4-2)17-11-16-20(22,18-12-7-5-8-13-18)19-14-9-6-10-15-19/h5-10,12-15,22H,3-4,11,16-17H2,1-2H3. The lowest BCUT2D eigenvalue weighted by Gasteiger charge is -2.30. The Morgan fingerprint density at radius 3 is 1.68 bits per heavy atom. The van der Waals surface area contributed by atoms with Crippen molar-refractivity contribution in [2.24, 2.45) is 0 Å². The van der Waals surface area contributed by atoms with Crippen molar-refractivity contribution in [1.82, 2.24) is 4.90 Å². The zero-order valence-electron chi connectivity index (χ0n) is 13.7. The first-order valence-corrected chi connectivity index (χ1v) is 8.26. The summed E-state index contributed by atoms with van der Waals surface area (Å²) in [7, 11) is 0. The van der Waals surface area contributed by atoms with Crippen molar-refractivity contribution >= 4 is 0 Å². The topological polar surface area (TPSA) is 23.5 Å². The first-order valence-electron chi connectivity index (χ1n) is 8.26. The average Bonchev–Trinajstić information content (AvgIpc) is 2.60. The highest BCUT2D eigenvalue weighted by molar-refractivity contribution is 5.35. The highest BCUT2D eigenvalue weighted by Gasteiger charge is 2.30. The van der Waals surface area contributed by atoms with Crippen molar-refractivity contribution in [1.29, 1.82) is 0 Å². The molecular weight excluding hydrogens is 270 g/mol. The van der Waals surface area contributed by atoms with Crippen LogP contribution in [0.25, 0.3) is 0 Å². The van der Waals surface area contributed by atoms with Gasteiger partial charge in [-0.15, -0.1) is 0 Å². The number of hydrogen-bond donors (Lipinski definition) is 1. The predicted molar refractivity (Wildman–Crippen MR) is 92.9 cm³/mol. The molecule has 0 unspecified atom stereocenters. The van der Waals surface area contributed by atoms with Gasteiger partial charge in [0.15, 0.2) is 0 Å². The number of nitrogens with zero attached hydrogens (tertiary/aromatic N) is 1. The lowest BCUT2D eigenvalue weighted by Crippen LogP contribution is -2.30. The molecule has 0 atom stereocenters. The molecule has 0 aliphatic heterocycles. The Morgan fingerprint density at radius 1 is 0.818 bits per heavy atom. The average molecular weight is 297 g/mol. The number of aliphatic hydroxyl groups is 1. The summed E-state index contributed by atoms with van der Waals surface area (Å²) in [5.41, 5.74) is 1.04. The maximum atomic E-state index is 11.4. The van der Waals surface area contributed by atoms with E-state index in [4.69, 9.17) is 0 Å². The van der Waals surface area contributed by atoms with Crippen LogP contribution in [0, 0.1) is 0 Å². The van der Waals surface area contributed by atoms with Gasteiger partial charge in [-0.2, -0.15) is 0 Å². The minimum absolute atomic E-state index is 0.734. The molecule has 0 aliphatic carbocycles. The van der Waals surface area contributed by atoms with Crippen LogP contribution < -0.4 is 0 Å². The molecule has 2 rings (SSSR count). The lowest BCUT2D eigenvalue weighted by molar-refractivity contribution is 0.0651. The summed E-state index contributed by atoms with van der Waals surface area (Å²) >= 11 is 0. The van der Waals surface area contributed by atoms with Gasteiger partial charge < -0.3 is 10.0 Å². The molecule has 0 fully saturated rings. The quantitative estimate of drug-likeness (QED) is 0.794. The van der Waals surface area contributed by atoms with E-state index in [1.54, 1.807) is 0 Å². The second kappa shape index (κ2) is 8.11. The van der Waals surface area contributed by atoms with Gasteiger partial charge in [0, 0.05) is 0 Å². The van der Waals surface area contributed by atoms with Gasteiger partial charge in [0.25, 0.3) is 0 Å². The zero-order valence-corrected chi connectivity index (χ0v) is 13.7. The number of hydrogen-bond acceptors (Lipinski definition) is 2. The van der Waals surface area contributed by atoms with Crippen molar-refractivity contribution in [3.8, 4) is 0 Å². The Hall–Kier alpha value is -1.64. The normalized spacial score (nSPS) is 11.8. The van der Waals surface area contributed by atoms with Gasteiger partial charge in [0.2, 0.25) is 0 Å². The summed E-state index contributed by atoms with van der Waals surface area (Å²) in [5.74, 6) is 0. The Balaban J connectivity index is 2.20. The van der Waals surface area contributed by atoms with Crippen LogP contribution in [0.5, 0.6) is 0 Å². The summed E-state index contributed by atoms with van der Waals surface area (Å²) in [5, 5.41) is 11.4. The van der Waals surface area contributed by atoms with Crippen molar-refractivity contribution in [3.05, 3.63) is 71.8 Å². The van der Waals surface area contributed by atoms with Gasteiger partial charge in [-0.3, -0.25) is 0 Å². The SMILES string of the molecule is CCN(CC)CCCC(O)(c1ccccc1)c1ccccc1. The first-order chi connectivity index (χ1) is 10.7. The molecule has 118 valence electrons. The Bertz CT molecular complexity index is 495. The van der Waals surface area contributed by atoms with Crippen LogP contribution >= 0.6 is 0 Å². The highest BCUT2D eigenvalue weighted by atomic mass is 16.3. The third-order valence-electron chi connectivity index (χ3n) is 4.41. The lowest BCUT2D eigenvalue weighted by atomic mass is 9.82. The molecule has 0 radical (unpaired) electrons. The predicted octanol–water partition coefficient (Wildman–Crippen LogP) is 4.04. The Kier molecular flexibility index (Phi) is 6.17. The van der Waals surface area contributed by atoms with Gasteiger partial charge >= 0.3 is 0 Å². The minimum Gasteiger partial charge on any atom is -0.380 e. The second-order valence-corrected chi connectivity index (χ2v) is 5.72. The molecule has 0 aliphatic rings. The molecule has 22 heavy (non-hydrogen) atoms. The van der Waals surface area contributed by atoms with Crippen LogP contribution in [0.4, 0.5) is 0 Å². The molecule has 2 nitrogen and oxygen atoms in total. The molecule has 0 bridgehead atoms. The van der Waals surface area contributed by atoms with Gasteiger partial charge in [0.1, 0.15) is 5.60 Å². The fourth-order valence-corrected chi connectivity index (χ4v) is 2.98. The second-order valence-electron chi connectivity index (χ2n) is 5.72. The van der Waals surface area contributed by atoms with Gasteiger partial charge in [-0.25, -0.2) is 0 Å². The van der Waals surface area contributed by atoms with E-state index in [1.165, 1.54) is 0 Å². The highest BCUT2D eigenvalue weighted by Crippen LogP contribution is 2.33. The molecule has 2 aromatic carbocycles. The van der Waals surface area contributed by atoms with E-state index in [0.717, 1.165) is 43.6 Å². The molecular formula is C20H27NO. The third kappa shape index (κ3) is 3.96. The van der Waals surface area contributed by atoms with E-state index < -0.39 is 5.60 Å². The molecule has 1 N–H and O–H groups in total. The molecule has 0 saturated heterocycles. The van der Waals surface area contributed by atoms with Crippen LogP contribution in [0.1, 0.15) is 37.8 Å². The largest absolute Gasteiger partial charge is 0.380 e. The summed E-state index contributed by atoms with van der Waals surface area (Å²) in [6.45, 7) is 7.51. The summed E-state index contributed by atoms with van der Waals surface area (Å²) in [6, 6.07) is 20.0. The third-order valence-corrected chi connectivity index (χ3v) is 4.41. The van der Waals surface area contributed by atoms with Crippen molar-refractivity contribution in [2.75, 3.05) is 19.6 Å². The fraction of sp³-hybridized carbons (Fsp3) is 0.400. The first kappa shape index (κ1) is 16.7. The molecule has 0 amide bonds. The van der Waals surface area contributed by atoms with Crippen molar-refractivity contribution in [3.63, 3.8) is 0 Å². The molecule has 0 aromatic heterocycles.